The Kier molecular flexibility index (Phi) is 6.34. The molecule has 1 heterocycles. The number of carbonyl (C=O) groups is 1. The minimum absolute atomic E-state index is 0.0320. The van der Waals surface area contributed by atoms with E-state index in [0.717, 1.165) is 12.1 Å². The maximum absolute atomic E-state index is 14.1. The summed E-state index contributed by atoms with van der Waals surface area (Å²) in [4.78, 5) is 13.0. The number of ether oxygens (including phenoxy) is 1. The number of benzene rings is 1. The Morgan fingerprint density at radius 1 is 1.27 bits per heavy atom. The molecule has 0 aromatic heterocycles. The van der Waals surface area contributed by atoms with Crippen LogP contribution >= 0.6 is 0 Å². The van der Waals surface area contributed by atoms with E-state index in [1.54, 1.807) is 0 Å². The first-order valence-corrected chi connectivity index (χ1v) is 9.68. The number of halogens is 1. The fourth-order valence-corrected chi connectivity index (χ4v) is 4.47. The third-order valence-electron chi connectivity index (χ3n) is 4.40. The van der Waals surface area contributed by atoms with Gasteiger partial charge in [-0.05, 0) is 24.1 Å². The van der Waals surface area contributed by atoms with Crippen molar-refractivity contribution in [3.05, 3.63) is 29.6 Å². The van der Waals surface area contributed by atoms with E-state index >= 15 is 0 Å². The monoisotopic (exact) mass is 383 g/mol. The van der Waals surface area contributed by atoms with Crippen molar-refractivity contribution in [2.24, 2.45) is 5.92 Å². The van der Waals surface area contributed by atoms with Crippen molar-refractivity contribution in [2.45, 2.75) is 24.8 Å². The molecule has 0 N–H and O–H groups in total. The molecule has 0 radical (unpaired) electrons. The Balaban J connectivity index is 2.22. The second-order valence-corrected chi connectivity index (χ2v) is 8.30. The molecule has 1 aliphatic rings. The minimum Gasteiger partial charge on any atom is -0.465 e. The van der Waals surface area contributed by atoms with Crippen molar-refractivity contribution < 1.29 is 22.3 Å². The average Bonchev–Trinajstić information content (AvgIpc) is 2.62. The lowest BCUT2D eigenvalue weighted by atomic mass is 10.0. The molecule has 0 aliphatic carbocycles. The van der Waals surface area contributed by atoms with Crippen molar-refractivity contribution in [2.75, 3.05) is 33.3 Å². The smallest absolute Gasteiger partial charge is 0.337 e. The number of hydrogen-bond donors (Lipinski definition) is 0. The van der Waals surface area contributed by atoms with Crippen LogP contribution in [0.1, 0.15) is 24.2 Å². The Morgan fingerprint density at radius 3 is 2.38 bits per heavy atom. The lowest BCUT2D eigenvalue weighted by Crippen LogP contribution is -2.52. The van der Waals surface area contributed by atoms with E-state index < -0.39 is 26.7 Å². The van der Waals surface area contributed by atoms with Gasteiger partial charge in [0, 0.05) is 26.2 Å². The van der Waals surface area contributed by atoms with E-state index in [1.807, 2.05) is 18.7 Å². The number of carbonyl (C=O) groups excluding carboxylic acids is 1. The van der Waals surface area contributed by atoms with Gasteiger partial charge in [-0.1, -0.05) is 13.8 Å². The van der Waals surface area contributed by atoms with Crippen molar-refractivity contribution in [1.82, 2.24) is 9.21 Å². The highest BCUT2D eigenvalue weighted by Crippen LogP contribution is 2.23. The Labute approximate surface area is 153 Å². The largest absolute Gasteiger partial charge is 0.465 e. The molecule has 2 rings (SSSR count). The molecule has 26 heavy (non-hydrogen) atoms. The maximum Gasteiger partial charge on any atom is 0.337 e. The predicted molar refractivity (Wildman–Crippen MR) is 92.3 cm³/mol. The van der Waals surface area contributed by atoms with Crippen LogP contribution in [0.2, 0.25) is 0 Å². The van der Waals surface area contributed by atoms with Gasteiger partial charge >= 0.3 is 5.97 Å². The van der Waals surface area contributed by atoms with Gasteiger partial charge in [0.15, 0.2) is 0 Å². The zero-order valence-electron chi connectivity index (χ0n) is 15.0. The molecular weight excluding hydrogens is 361 g/mol. The summed E-state index contributed by atoms with van der Waals surface area (Å²) >= 11 is 0. The standard InChI is InChI=1S/C17H22FN3O4S/c1-12(2)15(11-19)20-6-8-21(9-7-20)26(23,24)16-10-13(17(22)25-3)4-5-14(16)18/h4-5,10,12,15H,6-9H2,1-3H3/t15-/m1/s1. The SMILES string of the molecule is COC(=O)c1ccc(F)c(S(=O)(=O)N2CCN([C@H](C#N)C(C)C)CC2)c1. The van der Waals surface area contributed by atoms with Gasteiger partial charge in [-0.3, -0.25) is 4.90 Å². The summed E-state index contributed by atoms with van der Waals surface area (Å²) in [6.07, 6.45) is 0. The molecule has 1 saturated heterocycles. The van der Waals surface area contributed by atoms with Gasteiger partial charge in [0.05, 0.1) is 18.7 Å². The van der Waals surface area contributed by atoms with Crippen LogP contribution in [0.3, 0.4) is 0 Å². The number of sulfonamides is 1. The van der Waals surface area contributed by atoms with Crippen molar-refractivity contribution in [3.63, 3.8) is 0 Å². The highest BCUT2D eigenvalue weighted by atomic mass is 32.2. The van der Waals surface area contributed by atoms with E-state index in [1.165, 1.54) is 17.5 Å². The topological polar surface area (TPSA) is 90.7 Å². The van der Waals surface area contributed by atoms with Gasteiger partial charge in [0.2, 0.25) is 10.0 Å². The zero-order chi connectivity index (χ0) is 19.5. The molecule has 0 saturated carbocycles. The lowest BCUT2D eigenvalue weighted by molar-refractivity contribution is 0.0600. The Hall–Kier alpha value is -2.02. The zero-order valence-corrected chi connectivity index (χ0v) is 15.8. The number of hydrogen-bond acceptors (Lipinski definition) is 6. The summed E-state index contributed by atoms with van der Waals surface area (Å²) in [5.41, 5.74) is -0.0320. The normalized spacial score (nSPS) is 17.7. The molecule has 142 valence electrons. The van der Waals surface area contributed by atoms with Gasteiger partial charge in [-0.2, -0.15) is 9.57 Å². The molecule has 1 fully saturated rings. The maximum atomic E-state index is 14.1. The molecule has 1 aliphatic heterocycles. The van der Waals surface area contributed by atoms with Crippen molar-refractivity contribution in [1.29, 1.82) is 5.26 Å². The van der Waals surface area contributed by atoms with Gasteiger partial charge in [-0.25, -0.2) is 17.6 Å². The highest BCUT2D eigenvalue weighted by Gasteiger charge is 2.33. The number of nitrogens with zero attached hydrogens (tertiary/aromatic N) is 3. The first kappa shape index (κ1) is 20.3. The Morgan fingerprint density at radius 2 is 1.88 bits per heavy atom. The fraction of sp³-hybridized carbons (Fsp3) is 0.529. The fourth-order valence-electron chi connectivity index (χ4n) is 2.96. The third-order valence-corrected chi connectivity index (χ3v) is 6.31. The van der Waals surface area contributed by atoms with E-state index in [0.29, 0.717) is 13.1 Å². The van der Waals surface area contributed by atoms with Gasteiger partial charge in [0.1, 0.15) is 16.8 Å². The molecule has 1 aromatic carbocycles. The summed E-state index contributed by atoms with van der Waals surface area (Å²) in [5.74, 6) is -1.53. The molecule has 0 spiro atoms. The van der Waals surface area contributed by atoms with Crippen LogP contribution in [0.15, 0.2) is 23.1 Å². The molecule has 9 heteroatoms. The number of piperazine rings is 1. The van der Waals surface area contributed by atoms with E-state index in [4.69, 9.17) is 0 Å². The molecule has 0 unspecified atom stereocenters. The van der Waals surface area contributed by atoms with E-state index in [2.05, 4.69) is 10.8 Å². The predicted octanol–water partition coefficient (Wildman–Crippen LogP) is 1.47. The van der Waals surface area contributed by atoms with Crippen LogP contribution in [0, 0.1) is 23.1 Å². The van der Waals surface area contributed by atoms with E-state index in [9.17, 15) is 22.9 Å². The molecular formula is C17H22FN3O4S. The first-order chi connectivity index (χ1) is 12.2. The van der Waals surface area contributed by atoms with Crippen LogP contribution < -0.4 is 0 Å². The second-order valence-electron chi connectivity index (χ2n) is 6.39. The molecule has 1 atom stereocenters. The number of methoxy groups -OCH3 is 1. The highest BCUT2D eigenvalue weighted by molar-refractivity contribution is 7.89. The molecule has 0 amide bonds. The van der Waals surface area contributed by atoms with Gasteiger partial charge in [-0.15, -0.1) is 0 Å². The molecule has 7 nitrogen and oxygen atoms in total. The summed E-state index contributed by atoms with van der Waals surface area (Å²) in [7, 11) is -2.93. The van der Waals surface area contributed by atoms with Crippen LogP contribution in [0.5, 0.6) is 0 Å². The summed E-state index contributed by atoms with van der Waals surface area (Å²) in [6, 6.07) is 5.06. The summed E-state index contributed by atoms with van der Waals surface area (Å²) in [5, 5.41) is 9.28. The van der Waals surface area contributed by atoms with Crippen LogP contribution in [0.4, 0.5) is 4.39 Å². The van der Waals surface area contributed by atoms with Crippen molar-refractivity contribution >= 4 is 16.0 Å². The van der Waals surface area contributed by atoms with Crippen LogP contribution in [-0.2, 0) is 14.8 Å². The third kappa shape index (κ3) is 4.03. The number of rotatable bonds is 5. The second kappa shape index (κ2) is 8.12. The summed E-state index contributed by atoms with van der Waals surface area (Å²) < 4.78 is 45.5. The quantitative estimate of drug-likeness (QED) is 0.715. The number of esters is 1. The lowest BCUT2D eigenvalue weighted by Gasteiger charge is -2.37. The van der Waals surface area contributed by atoms with Crippen molar-refractivity contribution in [3.8, 4) is 6.07 Å². The summed E-state index contributed by atoms with van der Waals surface area (Å²) in [6.45, 7) is 4.93. The van der Waals surface area contributed by atoms with Gasteiger partial charge in [0.25, 0.3) is 0 Å². The molecule has 0 bridgehead atoms. The van der Waals surface area contributed by atoms with Crippen LogP contribution in [-0.4, -0.2) is 62.9 Å². The average molecular weight is 383 g/mol. The first-order valence-electron chi connectivity index (χ1n) is 8.24. The Bertz CT molecular complexity index is 812. The molecule has 1 aromatic rings. The number of nitriles is 1. The van der Waals surface area contributed by atoms with Gasteiger partial charge < -0.3 is 4.74 Å². The minimum atomic E-state index is -4.09. The van der Waals surface area contributed by atoms with Crippen LogP contribution in [0.25, 0.3) is 0 Å². The van der Waals surface area contributed by atoms with E-state index in [-0.39, 0.29) is 30.6 Å².